The van der Waals surface area contributed by atoms with E-state index >= 15 is 0 Å². The van der Waals surface area contributed by atoms with Crippen molar-refractivity contribution in [3.63, 3.8) is 0 Å². The van der Waals surface area contributed by atoms with Crippen LogP contribution in [0.4, 0.5) is 23.8 Å². The van der Waals surface area contributed by atoms with E-state index in [9.17, 15) is 26.4 Å². The molecule has 1 N–H and O–H groups in total. The van der Waals surface area contributed by atoms with Gasteiger partial charge in [0, 0.05) is 45.1 Å². The van der Waals surface area contributed by atoms with E-state index in [-0.39, 0.29) is 11.8 Å². The third kappa shape index (κ3) is 6.10. The lowest BCUT2D eigenvalue weighted by atomic mass is 10.2. The molecule has 1 aliphatic rings. The Morgan fingerprint density at radius 2 is 1.72 bits per heavy atom. The number of carbonyl (C=O) groups is 1. The molecule has 0 radical (unpaired) electrons. The third-order valence-electron chi connectivity index (χ3n) is 5.44. The first-order chi connectivity index (χ1) is 17.1. The predicted molar refractivity (Wildman–Crippen MR) is 124 cm³/mol. The van der Waals surface area contributed by atoms with Crippen LogP contribution < -0.4 is 10.1 Å². The molecule has 2 aromatic carbocycles. The molecule has 2 amide bonds. The zero-order valence-electron chi connectivity index (χ0n) is 18.9. The number of alkyl halides is 3. The van der Waals surface area contributed by atoms with Gasteiger partial charge in [0.25, 0.3) is 9.84 Å². The maximum atomic E-state index is 12.7. The fourth-order valence-corrected chi connectivity index (χ4v) is 4.35. The number of sulfone groups is 1. The maximum Gasteiger partial charge on any atom is 0.501 e. The van der Waals surface area contributed by atoms with Crippen LogP contribution in [0.25, 0.3) is 0 Å². The van der Waals surface area contributed by atoms with Gasteiger partial charge in [-0.2, -0.15) is 13.2 Å². The van der Waals surface area contributed by atoms with Gasteiger partial charge >= 0.3 is 11.5 Å². The molecule has 0 saturated carbocycles. The lowest BCUT2D eigenvalue weighted by Crippen LogP contribution is -2.49. The van der Waals surface area contributed by atoms with Crippen molar-refractivity contribution in [2.24, 2.45) is 0 Å². The number of halogens is 3. The second kappa shape index (κ2) is 10.5. The summed E-state index contributed by atoms with van der Waals surface area (Å²) in [5.74, 6) is 1.05. The van der Waals surface area contributed by atoms with Gasteiger partial charge in [-0.15, -0.1) is 0 Å². The summed E-state index contributed by atoms with van der Waals surface area (Å²) in [6.45, 7) is 3.01. The Labute approximate surface area is 205 Å². The minimum Gasteiger partial charge on any atom is -0.457 e. The van der Waals surface area contributed by atoms with E-state index in [1.165, 1.54) is 30.7 Å². The second-order valence-electron chi connectivity index (χ2n) is 7.95. The van der Waals surface area contributed by atoms with Crippen LogP contribution in [0.3, 0.4) is 0 Å². The van der Waals surface area contributed by atoms with Gasteiger partial charge in [0.1, 0.15) is 11.5 Å². The van der Waals surface area contributed by atoms with Crippen LogP contribution in [0.2, 0.25) is 0 Å². The number of carbonyl (C=O) groups excluding carboxylic acids is 1. The minimum atomic E-state index is -5.41. The lowest BCUT2D eigenvalue weighted by molar-refractivity contribution is -0.0436. The van der Waals surface area contributed by atoms with Crippen LogP contribution in [0, 0.1) is 0 Å². The topological polar surface area (TPSA) is 105 Å². The van der Waals surface area contributed by atoms with Crippen molar-refractivity contribution >= 4 is 21.7 Å². The van der Waals surface area contributed by atoms with Crippen LogP contribution in [0.15, 0.2) is 72.0 Å². The molecule has 0 bridgehead atoms. The van der Waals surface area contributed by atoms with Crippen molar-refractivity contribution in [1.29, 1.82) is 0 Å². The van der Waals surface area contributed by atoms with Gasteiger partial charge in [-0.05, 0) is 42.0 Å². The largest absolute Gasteiger partial charge is 0.501 e. The monoisotopic (exact) mass is 521 g/mol. The molecule has 4 rings (SSSR count). The van der Waals surface area contributed by atoms with Crippen molar-refractivity contribution in [3.05, 3.63) is 72.7 Å². The van der Waals surface area contributed by atoms with Gasteiger partial charge < -0.3 is 9.64 Å². The molecule has 0 spiro atoms. The van der Waals surface area contributed by atoms with E-state index in [4.69, 9.17) is 4.74 Å². The molecule has 0 unspecified atom stereocenters. The Morgan fingerprint density at radius 3 is 2.36 bits per heavy atom. The number of ether oxygens (including phenoxy) is 1. The molecule has 9 nitrogen and oxygen atoms in total. The number of piperazine rings is 1. The van der Waals surface area contributed by atoms with Crippen molar-refractivity contribution < 1.29 is 31.1 Å². The van der Waals surface area contributed by atoms with E-state index in [0.717, 1.165) is 17.7 Å². The van der Waals surface area contributed by atoms with Gasteiger partial charge in [-0.25, -0.2) is 18.2 Å². The Kier molecular flexibility index (Phi) is 7.40. The van der Waals surface area contributed by atoms with Crippen molar-refractivity contribution in [3.8, 4) is 11.5 Å². The van der Waals surface area contributed by atoms with Crippen molar-refractivity contribution in [1.82, 2.24) is 19.8 Å². The normalized spacial score (nSPS) is 14.9. The number of urea groups is 1. The molecule has 1 aliphatic heterocycles. The van der Waals surface area contributed by atoms with Crippen LogP contribution in [0.5, 0.6) is 11.5 Å². The van der Waals surface area contributed by atoms with Crippen molar-refractivity contribution in [2.75, 3.05) is 31.5 Å². The Morgan fingerprint density at radius 1 is 1.00 bits per heavy atom. The molecule has 0 aliphatic carbocycles. The fraction of sp³-hybridized carbons (Fsp3) is 0.261. The number of nitrogens with zero attached hydrogens (tertiary/aromatic N) is 4. The summed E-state index contributed by atoms with van der Waals surface area (Å²) in [6.07, 6.45) is 4.50. The number of anilines is 1. The van der Waals surface area contributed by atoms with Gasteiger partial charge in [-0.1, -0.05) is 12.1 Å². The highest BCUT2D eigenvalue weighted by atomic mass is 32.2. The van der Waals surface area contributed by atoms with Crippen LogP contribution in [-0.4, -0.2) is 65.9 Å². The molecule has 36 heavy (non-hydrogen) atoms. The first-order valence-electron chi connectivity index (χ1n) is 10.8. The van der Waals surface area contributed by atoms with E-state index < -0.39 is 20.2 Å². The highest BCUT2D eigenvalue weighted by molar-refractivity contribution is 7.92. The highest BCUT2D eigenvalue weighted by Gasteiger charge is 2.46. The molecular formula is C23H22F3N5O4S. The summed E-state index contributed by atoms with van der Waals surface area (Å²) < 4.78 is 66.8. The quantitative estimate of drug-likeness (QED) is 0.524. The molecule has 13 heteroatoms. The standard InChI is InChI=1S/C23H22F3N5O4S/c24-23(25,26)36(33,34)20-6-4-18(5-7-20)35-19-3-1-2-17(14-19)16-30-10-12-31(13-11-30)22(32)29-21-15-27-8-9-28-21/h1-9,14-15H,10-13,16H2,(H,28,29,32). The molecule has 3 aromatic rings. The molecule has 1 fully saturated rings. The van der Waals surface area contributed by atoms with E-state index in [1.807, 2.05) is 6.07 Å². The number of rotatable bonds is 6. The summed E-state index contributed by atoms with van der Waals surface area (Å²) in [5.41, 5.74) is -4.42. The minimum absolute atomic E-state index is 0.205. The Balaban J connectivity index is 1.31. The smallest absolute Gasteiger partial charge is 0.457 e. The number of benzene rings is 2. The van der Waals surface area contributed by atoms with Crippen LogP contribution in [-0.2, 0) is 16.4 Å². The second-order valence-corrected chi connectivity index (χ2v) is 9.90. The third-order valence-corrected chi connectivity index (χ3v) is 6.94. The molecule has 1 aromatic heterocycles. The Bertz CT molecular complexity index is 1300. The van der Waals surface area contributed by atoms with Crippen LogP contribution in [0.1, 0.15) is 5.56 Å². The number of hydrogen-bond acceptors (Lipinski definition) is 7. The van der Waals surface area contributed by atoms with Gasteiger partial charge in [0.15, 0.2) is 5.82 Å². The van der Waals surface area contributed by atoms with Gasteiger partial charge in [0.05, 0.1) is 11.1 Å². The molecule has 1 saturated heterocycles. The van der Waals surface area contributed by atoms with E-state index in [0.29, 0.717) is 44.3 Å². The summed E-state index contributed by atoms with van der Waals surface area (Å²) in [5, 5.41) is 2.72. The molecule has 2 heterocycles. The summed E-state index contributed by atoms with van der Waals surface area (Å²) in [4.78, 5) is 23.4. The maximum absolute atomic E-state index is 12.7. The average molecular weight is 522 g/mol. The fourth-order valence-electron chi connectivity index (χ4n) is 3.58. The first kappa shape index (κ1) is 25.4. The van der Waals surface area contributed by atoms with E-state index in [2.05, 4.69) is 20.2 Å². The van der Waals surface area contributed by atoms with Gasteiger partial charge in [0.2, 0.25) is 0 Å². The zero-order valence-corrected chi connectivity index (χ0v) is 19.7. The zero-order chi connectivity index (χ0) is 25.8. The number of aromatic nitrogens is 2. The Hall–Kier alpha value is -3.71. The van der Waals surface area contributed by atoms with Gasteiger partial charge in [-0.3, -0.25) is 15.2 Å². The molecular weight excluding hydrogens is 499 g/mol. The highest BCUT2D eigenvalue weighted by Crippen LogP contribution is 2.32. The number of amides is 2. The van der Waals surface area contributed by atoms with Crippen LogP contribution >= 0.6 is 0 Å². The SMILES string of the molecule is O=C(Nc1cnccn1)N1CCN(Cc2cccc(Oc3ccc(S(=O)(=O)C(F)(F)F)cc3)c2)CC1. The number of hydrogen-bond donors (Lipinski definition) is 1. The van der Waals surface area contributed by atoms with E-state index in [1.54, 1.807) is 23.1 Å². The molecule has 190 valence electrons. The first-order valence-corrected chi connectivity index (χ1v) is 12.3. The summed E-state index contributed by atoms with van der Waals surface area (Å²) in [6, 6.07) is 11.0. The lowest BCUT2D eigenvalue weighted by Gasteiger charge is -2.34. The van der Waals surface area contributed by atoms with Crippen molar-refractivity contribution in [2.45, 2.75) is 16.9 Å². The predicted octanol–water partition coefficient (Wildman–Crippen LogP) is 3.91. The molecule has 0 atom stereocenters. The average Bonchev–Trinajstić information content (AvgIpc) is 2.85. The summed E-state index contributed by atoms with van der Waals surface area (Å²) in [7, 11) is -5.41. The summed E-state index contributed by atoms with van der Waals surface area (Å²) >= 11 is 0. The number of nitrogens with one attached hydrogen (secondary N) is 1.